The molecule has 2 rings (SSSR count). The predicted octanol–water partition coefficient (Wildman–Crippen LogP) is 3.09. The number of nitrogens with zero attached hydrogens (tertiary/aromatic N) is 1. The van der Waals surface area contributed by atoms with Crippen LogP contribution >= 0.6 is 12.4 Å². The number of nitrogens with one attached hydrogen (secondary N) is 1. The maximum atomic E-state index is 12.7. The van der Waals surface area contributed by atoms with Crippen molar-refractivity contribution in [3.05, 3.63) is 35.4 Å². The maximum absolute atomic E-state index is 12.7. The van der Waals surface area contributed by atoms with Gasteiger partial charge in [-0.1, -0.05) is 26.0 Å². The summed E-state index contributed by atoms with van der Waals surface area (Å²) in [6.07, 6.45) is -4.32. The lowest BCUT2D eigenvalue weighted by Crippen LogP contribution is -2.49. The molecule has 1 aromatic carbocycles. The summed E-state index contributed by atoms with van der Waals surface area (Å²) in [5, 5.41) is 13.0. The Morgan fingerprint density at radius 3 is 2.09 bits per heavy atom. The predicted molar refractivity (Wildman–Crippen MR) is 86.7 cm³/mol. The van der Waals surface area contributed by atoms with Crippen molar-refractivity contribution in [1.82, 2.24) is 10.2 Å². The van der Waals surface area contributed by atoms with Crippen molar-refractivity contribution in [3.8, 4) is 0 Å². The molecule has 7 heteroatoms. The van der Waals surface area contributed by atoms with Crippen molar-refractivity contribution >= 4 is 12.4 Å². The molecule has 1 aromatic rings. The molecular formula is C16H24ClF3N2O. The average Bonchev–Trinajstić information content (AvgIpc) is 2.48. The van der Waals surface area contributed by atoms with Gasteiger partial charge in [-0.25, -0.2) is 0 Å². The normalized spacial score (nSPS) is 18.3. The van der Waals surface area contributed by atoms with Crippen molar-refractivity contribution in [1.29, 1.82) is 0 Å². The van der Waals surface area contributed by atoms with Crippen LogP contribution in [0.5, 0.6) is 0 Å². The number of aliphatic hydroxyl groups is 1. The van der Waals surface area contributed by atoms with Crippen LogP contribution in [0.25, 0.3) is 0 Å². The minimum Gasteiger partial charge on any atom is -0.396 e. The summed E-state index contributed by atoms with van der Waals surface area (Å²) in [7, 11) is 0. The molecule has 0 radical (unpaired) electrons. The third-order valence-electron chi connectivity index (χ3n) is 4.22. The lowest BCUT2D eigenvalue weighted by molar-refractivity contribution is -0.137. The van der Waals surface area contributed by atoms with E-state index in [2.05, 4.69) is 10.2 Å². The Kier molecular flexibility index (Phi) is 6.89. The van der Waals surface area contributed by atoms with Gasteiger partial charge >= 0.3 is 6.18 Å². The topological polar surface area (TPSA) is 35.5 Å². The molecule has 0 aliphatic carbocycles. The van der Waals surface area contributed by atoms with Crippen LogP contribution in [-0.4, -0.2) is 42.8 Å². The molecule has 1 fully saturated rings. The van der Waals surface area contributed by atoms with Crippen LogP contribution in [0.1, 0.15) is 31.0 Å². The second-order valence-electron chi connectivity index (χ2n) is 6.45. The number of hydrogen-bond acceptors (Lipinski definition) is 3. The zero-order valence-electron chi connectivity index (χ0n) is 13.4. The quantitative estimate of drug-likeness (QED) is 0.874. The van der Waals surface area contributed by atoms with Gasteiger partial charge in [0.25, 0.3) is 0 Å². The Morgan fingerprint density at radius 2 is 1.65 bits per heavy atom. The average molecular weight is 353 g/mol. The van der Waals surface area contributed by atoms with Crippen LogP contribution in [0.2, 0.25) is 0 Å². The van der Waals surface area contributed by atoms with Crippen molar-refractivity contribution in [2.45, 2.75) is 26.1 Å². The fourth-order valence-electron chi connectivity index (χ4n) is 3.04. The van der Waals surface area contributed by atoms with Crippen LogP contribution in [0, 0.1) is 5.41 Å². The van der Waals surface area contributed by atoms with E-state index in [1.807, 2.05) is 13.8 Å². The Balaban J connectivity index is 0.00000264. The third-order valence-corrected chi connectivity index (χ3v) is 4.22. The Bertz CT molecular complexity index is 485. The molecule has 0 spiro atoms. The number of aliphatic hydroxyl groups excluding tert-OH is 1. The summed E-state index contributed by atoms with van der Waals surface area (Å²) in [5.74, 6) is 0. The van der Waals surface area contributed by atoms with Crippen LogP contribution in [0.3, 0.4) is 0 Å². The highest BCUT2D eigenvalue weighted by Crippen LogP contribution is 2.39. The molecule has 0 unspecified atom stereocenters. The van der Waals surface area contributed by atoms with E-state index < -0.39 is 17.2 Å². The molecular weight excluding hydrogens is 329 g/mol. The Labute approximate surface area is 141 Å². The first-order chi connectivity index (χ1) is 10.3. The minimum atomic E-state index is -4.32. The Morgan fingerprint density at radius 1 is 1.13 bits per heavy atom. The van der Waals surface area contributed by atoms with Crippen molar-refractivity contribution < 1.29 is 18.3 Å². The van der Waals surface area contributed by atoms with Crippen molar-refractivity contribution in [2.75, 3.05) is 32.8 Å². The molecule has 0 amide bonds. The van der Waals surface area contributed by atoms with E-state index >= 15 is 0 Å². The molecule has 3 nitrogen and oxygen atoms in total. The van der Waals surface area contributed by atoms with Gasteiger partial charge in [0.2, 0.25) is 0 Å². The van der Waals surface area contributed by atoms with Gasteiger partial charge in [-0.2, -0.15) is 13.2 Å². The van der Waals surface area contributed by atoms with Crippen LogP contribution in [-0.2, 0) is 6.18 Å². The molecule has 1 saturated heterocycles. The first kappa shape index (κ1) is 20.2. The van der Waals surface area contributed by atoms with E-state index in [1.54, 1.807) is 0 Å². The van der Waals surface area contributed by atoms with Crippen LogP contribution in [0.4, 0.5) is 13.2 Å². The summed E-state index contributed by atoms with van der Waals surface area (Å²) in [5.41, 5.74) is -0.261. The molecule has 1 atom stereocenters. The van der Waals surface area contributed by atoms with E-state index in [-0.39, 0.29) is 25.1 Å². The molecule has 23 heavy (non-hydrogen) atoms. The van der Waals surface area contributed by atoms with Gasteiger partial charge < -0.3 is 10.4 Å². The highest BCUT2D eigenvalue weighted by atomic mass is 35.5. The lowest BCUT2D eigenvalue weighted by Gasteiger charge is -2.43. The van der Waals surface area contributed by atoms with Crippen LogP contribution in [0.15, 0.2) is 24.3 Å². The number of rotatable bonds is 4. The van der Waals surface area contributed by atoms with E-state index in [4.69, 9.17) is 0 Å². The highest BCUT2D eigenvalue weighted by molar-refractivity contribution is 5.85. The second kappa shape index (κ2) is 7.83. The summed E-state index contributed by atoms with van der Waals surface area (Å²) < 4.78 is 38.2. The van der Waals surface area contributed by atoms with E-state index in [0.29, 0.717) is 0 Å². The van der Waals surface area contributed by atoms with Gasteiger partial charge in [0.15, 0.2) is 0 Å². The highest BCUT2D eigenvalue weighted by Gasteiger charge is 2.36. The lowest BCUT2D eigenvalue weighted by atomic mass is 9.79. The molecule has 1 aliphatic heterocycles. The monoisotopic (exact) mass is 352 g/mol. The van der Waals surface area contributed by atoms with E-state index in [1.165, 1.54) is 12.1 Å². The third kappa shape index (κ3) is 4.83. The van der Waals surface area contributed by atoms with Crippen molar-refractivity contribution in [2.24, 2.45) is 5.41 Å². The van der Waals surface area contributed by atoms with E-state index in [0.717, 1.165) is 43.9 Å². The number of benzene rings is 1. The molecule has 1 aliphatic rings. The smallest absolute Gasteiger partial charge is 0.396 e. The molecule has 132 valence electrons. The van der Waals surface area contributed by atoms with Crippen molar-refractivity contribution in [3.63, 3.8) is 0 Å². The zero-order valence-corrected chi connectivity index (χ0v) is 14.2. The van der Waals surface area contributed by atoms with Gasteiger partial charge in [-0.3, -0.25) is 4.90 Å². The van der Waals surface area contributed by atoms with E-state index in [9.17, 15) is 18.3 Å². The SMILES string of the molecule is CC(C)(CO)[C@@H](c1ccc(C(F)(F)F)cc1)N1CCNCC1.Cl. The summed E-state index contributed by atoms with van der Waals surface area (Å²) >= 11 is 0. The van der Waals surface area contributed by atoms with Gasteiger partial charge in [-0.15, -0.1) is 12.4 Å². The number of halogens is 4. The second-order valence-corrected chi connectivity index (χ2v) is 6.45. The first-order valence-corrected chi connectivity index (χ1v) is 7.48. The minimum absolute atomic E-state index is 0. The molecule has 1 heterocycles. The van der Waals surface area contributed by atoms with Gasteiger partial charge in [-0.05, 0) is 17.7 Å². The van der Waals surface area contributed by atoms with Gasteiger partial charge in [0.1, 0.15) is 0 Å². The summed E-state index contributed by atoms with van der Waals surface area (Å²) in [6.45, 7) is 7.18. The molecule has 2 N–H and O–H groups in total. The molecule has 0 saturated carbocycles. The van der Waals surface area contributed by atoms with Gasteiger partial charge in [0.05, 0.1) is 5.56 Å². The summed E-state index contributed by atoms with van der Waals surface area (Å²) in [6, 6.07) is 5.21. The van der Waals surface area contributed by atoms with Gasteiger partial charge in [0, 0.05) is 44.2 Å². The number of piperazine rings is 1. The maximum Gasteiger partial charge on any atom is 0.416 e. The number of hydrogen-bond donors (Lipinski definition) is 2. The standard InChI is InChI=1S/C16H23F3N2O.ClH/c1-15(2,11-22)14(21-9-7-20-8-10-21)12-3-5-13(6-4-12)16(17,18)19;/h3-6,14,20,22H,7-11H2,1-2H3;1H/t14-;/m1./s1. The fraction of sp³-hybridized carbons (Fsp3) is 0.625. The molecule has 0 aromatic heterocycles. The fourth-order valence-corrected chi connectivity index (χ4v) is 3.04. The number of alkyl halides is 3. The summed E-state index contributed by atoms with van der Waals surface area (Å²) in [4.78, 5) is 2.23. The zero-order chi connectivity index (χ0) is 16.4. The molecule has 0 bridgehead atoms. The first-order valence-electron chi connectivity index (χ1n) is 7.48. The van der Waals surface area contributed by atoms with Crippen LogP contribution < -0.4 is 5.32 Å². The Hall–Kier alpha value is -0.820. The largest absolute Gasteiger partial charge is 0.416 e.